The van der Waals surface area contributed by atoms with E-state index in [4.69, 9.17) is 14.2 Å². The maximum atomic E-state index is 12.1. The van der Waals surface area contributed by atoms with Crippen molar-refractivity contribution in [2.75, 3.05) is 33.4 Å². The van der Waals surface area contributed by atoms with E-state index in [-0.39, 0.29) is 11.8 Å². The molecule has 0 spiro atoms. The molecule has 2 aromatic carbocycles. The monoisotopic (exact) mass is 552 g/mol. The van der Waals surface area contributed by atoms with E-state index in [1.807, 2.05) is 41.5 Å². The maximum Gasteiger partial charge on any atom is 0.315 e. The van der Waals surface area contributed by atoms with Crippen molar-refractivity contribution >= 4 is 11.9 Å². The first-order chi connectivity index (χ1) is 19.1. The van der Waals surface area contributed by atoms with E-state index >= 15 is 0 Å². The molecule has 0 saturated carbocycles. The lowest BCUT2D eigenvalue weighted by molar-refractivity contribution is -0.601. The van der Waals surface area contributed by atoms with Crippen LogP contribution < -0.4 is 9.67 Å². The van der Waals surface area contributed by atoms with Gasteiger partial charge in [0.1, 0.15) is 37.4 Å². The Morgan fingerprint density at radius 3 is 1.80 bits per heavy atom. The Hall–Kier alpha value is -3.53. The molecule has 0 radical (unpaired) electrons. The number of imidazole rings is 1. The Bertz CT molecular complexity index is 1180. The molecule has 5 rings (SSSR count). The topological polar surface area (TPSA) is 103 Å². The van der Waals surface area contributed by atoms with Crippen molar-refractivity contribution in [2.45, 2.75) is 60.8 Å². The molecule has 0 atom stereocenters. The highest BCUT2D eigenvalue weighted by atomic mass is 16.8. The van der Waals surface area contributed by atoms with Gasteiger partial charge in [0, 0.05) is 6.42 Å². The van der Waals surface area contributed by atoms with E-state index in [1.54, 1.807) is 21.5 Å². The summed E-state index contributed by atoms with van der Waals surface area (Å²) < 4.78 is 22.5. The lowest BCUT2D eigenvalue weighted by Gasteiger charge is -2.13. The Kier molecular flexibility index (Phi) is 11.4. The van der Waals surface area contributed by atoms with Gasteiger partial charge in [-0.15, -0.1) is 0 Å². The summed E-state index contributed by atoms with van der Waals surface area (Å²) in [5.74, 6) is -1.12. The minimum atomic E-state index is -1.20. The van der Waals surface area contributed by atoms with Crippen LogP contribution in [0.15, 0.2) is 36.7 Å². The number of aryl methyl sites for hydroxylation is 6. The van der Waals surface area contributed by atoms with Crippen molar-refractivity contribution in [3.8, 4) is 11.4 Å². The molecule has 9 nitrogen and oxygen atoms in total. The van der Waals surface area contributed by atoms with Gasteiger partial charge in [-0.1, -0.05) is 35.4 Å². The molecule has 3 aromatic rings. The van der Waals surface area contributed by atoms with E-state index in [2.05, 4.69) is 29.0 Å². The van der Waals surface area contributed by atoms with Gasteiger partial charge in [0.2, 0.25) is 0 Å². The van der Waals surface area contributed by atoms with Gasteiger partial charge >= 0.3 is 11.8 Å². The molecule has 2 aliphatic rings. The van der Waals surface area contributed by atoms with Gasteiger partial charge < -0.3 is 28.8 Å². The van der Waals surface area contributed by atoms with Gasteiger partial charge in [-0.25, -0.2) is 0 Å². The number of hydrogen-bond donors (Lipinski definition) is 0. The normalized spacial score (nSPS) is 15.1. The van der Waals surface area contributed by atoms with Crippen molar-refractivity contribution in [1.82, 2.24) is 4.57 Å². The molecular weight excluding hydrogens is 512 g/mol. The van der Waals surface area contributed by atoms with Crippen LogP contribution in [0.25, 0.3) is 11.4 Å². The Balaban J connectivity index is 0.000000255. The summed E-state index contributed by atoms with van der Waals surface area (Å²) >= 11 is 0. The van der Waals surface area contributed by atoms with Gasteiger partial charge in [-0.3, -0.25) is 4.79 Å². The fourth-order valence-corrected chi connectivity index (χ4v) is 5.07. The summed E-state index contributed by atoms with van der Waals surface area (Å²) in [6, 6.07) is 8.25. The standard InChI is InChI=1S/C22H24N2O2.C5H8O2.C4H8O3/c1-13-9-15(3)19(16(4)10-13)23-7-8-24(21(23)22(25)26)20-17(5)11-14(2)12-18(20)6;6-5-3-1-2-4-7-5;1-2-6-4-7-3-5-1/h7-12H,1-6H3;2*1-4H2. The number of aromatic carboxylic acids is 1. The van der Waals surface area contributed by atoms with Crippen LogP contribution in [0, 0.1) is 41.5 Å². The summed E-state index contributed by atoms with van der Waals surface area (Å²) in [5, 5.41) is 12.1. The third-order valence-electron chi connectivity index (χ3n) is 6.50. The summed E-state index contributed by atoms with van der Waals surface area (Å²) in [7, 11) is 0. The zero-order valence-electron chi connectivity index (χ0n) is 24.4. The lowest BCUT2D eigenvalue weighted by Crippen LogP contribution is -2.43. The van der Waals surface area contributed by atoms with E-state index in [1.165, 1.54) is 0 Å². The van der Waals surface area contributed by atoms with E-state index < -0.39 is 5.97 Å². The predicted molar refractivity (Wildman–Crippen MR) is 148 cm³/mol. The SMILES string of the molecule is C1COCOCO1.Cc1cc(C)c(-n2cc[n+](-c3c(C)cc(C)cc3C)c2C(=O)[O-])c(C)c1.O=C1CCCCO1. The number of esters is 1. The van der Waals surface area contributed by atoms with E-state index in [9.17, 15) is 14.7 Å². The third kappa shape index (κ3) is 8.24. The fourth-order valence-electron chi connectivity index (χ4n) is 5.07. The molecule has 1 aromatic heterocycles. The largest absolute Gasteiger partial charge is 0.538 e. The summed E-state index contributed by atoms with van der Waals surface area (Å²) in [5.41, 5.74) is 8.21. The van der Waals surface area contributed by atoms with Crippen LogP contribution in [-0.2, 0) is 23.7 Å². The van der Waals surface area contributed by atoms with Gasteiger partial charge in [-0.05, 0) is 76.6 Å². The first-order valence-corrected chi connectivity index (χ1v) is 13.5. The second-order valence-corrected chi connectivity index (χ2v) is 10.1. The Labute approximate surface area is 236 Å². The van der Waals surface area contributed by atoms with Crippen molar-refractivity contribution < 1.29 is 38.2 Å². The number of rotatable bonds is 3. The minimum absolute atomic E-state index is 0.0359. The lowest BCUT2D eigenvalue weighted by atomic mass is 10.0. The van der Waals surface area contributed by atoms with Crippen molar-refractivity contribution in [1.29, 1.82) is 0 Å². The number of aromatic nitrogens is 2. The number of carbonyl (C=O) groups is 2. The number of nitrogens with zero attached hydrogens (tertiary/aromatic N) is 2. The molecule has 0 N–H and O–H groups in total. The van der Waals surface area contributed by atoms with E-state index in [0.717, 1.165) is 57.6 Å². The number of carboxylic acid groups (broad SMARTS) is 1. The molecule has 0 aliphatic carbocycles. The van der Waals surface area contributed by atoms with Crippen LogP contribution in [0.4, 0.5) is 0 Å². The van der Waals surface area contributed by atoms with Crippen LogP contribution in [0.1, 0.15) is 63.3 Å². The zero-order chi connectivity index (χ0) is 29.2. The summed E-state index contributed by atoms with van der Waals surface area (Å²) in [4.78, 5) is 22.3. The van der Waals surface area contributed by atoms with Crippen LogP contribution in [0.5, 0.6) is 0 Å². The number of cyclic esters (lactones) is 1. The van der Waals surface area contributed by atoms with Crippen LogP contribution in [0.2, 0.25) is 0 Å². The molecule has 40 heavy (non-hydrogen) atoms. The quantitative estimate of drug-likeness (QED) is 0.361. The molecule has 2 saturated heterocycles. The average molecular weight is 553 g/mol. The van der Waals surface area contributed by atoms with Gasteiger partial charge in [0.15, 0.2) is 5.97 Å². The first kappa shape index (κ1) is 31.0. The molecule has 216 valence electrons. The number of carboxylic acids is 1. The van der Waals surface area contributed by atoms with E-state index in [0.29, 0.717) is 39.8 Å². The summed E-state index contributed by atoms with van der Waals surface area (Å²) in [6.45, 7) is 14.8. The minimum Gasteiger partial charge on any atom is -0.538 e. The first-order valence-electron chi connectivity index (χ1n) is 13.5. The van der Waals surface area contributed by atoms with Crippen LogP contribution >= 0.6 is 0 Å². The molecule has 2 fully saturated rings. The molecule has 0 bridgehead atoms. The van der Waals surface area contributed by atoms with Crippen molar-refractivity contribution in [3.05, 3.63) is 75.9 Å². The van der Waals surface area contributed by atoms with Gasteiger partial charge in [0.05, 0.1) is 19.8 Å². The number of benzene rings is 2. The number of ether oxygens (including phenoxy) is 4. The number of hydrogen-bond acceptors (Lipinski definition) is 7. The Morgan fingerprint density at radius 1 is 0.800 bits per heavy atom. The fraction of sp³-hybridized carbons (Fsp3) is 0.452. The maximum absolute atomic E-state index is 12.1. The van der Waals surface area contributed by atoms with Crippen molar-refractivity contribution in [2.24, 2.45) is 0 Å². The van der Waals surface area contributed by atoms with Crippen molar-refractivity contribution in [3.63, 3.8) is 0 Å². The highest BCUT2D eigenvalue weighted by Gasteiger charge is 2.26. The highest BCUT2D eigenvalue weighted by molar-refractivity contribution is 5.81. The van der Waals surface area contributed by atoms with Crippen LogP contribution in [0.3, 0.4) is 0 Å². The van der Waals surface area contributed by atoms with Gasteiger partial charge in [0.25, 0.3) is 0 Å². The second kappa shape index (κ2) is 14.7. The summed E-state index contributed by atoms with van der Waals surface area (Å²) in [6.07, 6.45) is 6.29. The molecule has 2 aliphatic heterocycles. The van der Waals surface area contributed by atoms with Gasteiger partial charge in [-0.2, -0.15) is 9.13 Å². The number of carbonyl (C=O) groups excluding carboxylic acids is 2. The molecule has 0 amide bonds. The second-order valence-electron chi connectivity index (χ2n) is 10.1. The zero-order valence-corrected chi connectivity index (χ0v) is 24.4. The highest BCUT2D eigenvalue weighted by Crippen LogP contribution is 2.23. The smallest absolute Gasteiger partial charge is 0.315 e. The third-order valence-corrected chi connectivity index (χ3v) is 6.50. The van der Waals surface area contributed by atoms with Crippen LogP contribution in [-0.4, -0.2) is 49.9 Å². The molecule has 9 heteroatoms. The molecular formula is C31H40N2O7. The average Bonchev–Trinajstić information content (AvgIpc) is 3.07. The predicted octanol–water partition coefficient (Wildman–Crippen LogP) is 3.65. The Morgan fingerprint density at radius 2 is 1.35 bits per heavy atom. The molecule has 3 heterocycles. The molecule has 0 unspecified atom stereocenters.